The fourth-order valence-corrected chi connectivity index (χ4v) is 0.644. The van der Waals surface area contributed by atoms with E-state index in [1.165, 1.54) is 5.56 Å². The molecule has 2 heteroatoms. The summed E-state index contributed by atoms with van der Waals surface area (Å²) in [6.07, 6.45) is 1.76. The van der Waals surface area contributed by atoms with Crippen molar-refractivity contribution in [2.75, 3.05) is 0 Å². The van der Waals surface area contributed by atoms with Crippen molar-refractivity contribution in [3.05, 3.63) is 23.9 Å². The summed E-state index contributed by atoms with van der Waals surface area (Å²) in [4.78, 5) is 3.99. The Morgan fingerprint density at radius 3 is 2.75 bits per heavy atom. The van der Waals surface area contributed by atoms with E-state index in [0.29, 0.717) is 0 Å². The molecule has 0 spiro atoms. The Labute approximate surface area is 52.2 Å². The zero-order valence-corrected chi connectivity index (χ0v) is 5.68. The van der Waals surface area contributed by atoms with Crippen LogP contribution in [0.1, 0.15) is 5.56 Å². The SMILES string of the molecule is Cc1cccnc1[Si]. The van der Waals surface area contributed by atoms with Gasteiger partial charge in [0, 0.05) is 11.5 Å². The Kier molecular flexibility index (Phi) is 1.44. The molecular formula is C6H6NSi. The molecule has 8 heavy (non-hydrogen) atoms. The van der Waals surface area contributed by atoms with Crippen LogP contribution in [-0.4, -0.2) is 15.2 Å². The van der Waals surface area contributed by atoms with Crippen LogP contribution in [0.2, 0.25) is 0 Å². The highest BCUT2D eigenvalue weighted by molar-refractivity contribution is 6.31. The Balaban J connectivity index is 3.13. The first-order valence-corrected chi connectivity index (χ1v) is 2.94. The highest BCUT2D eigenvalue weighted by Crippen LogP contribution is 1.84. The predicted octanol–water partition coefficient (Wildman–Crippen LogP) is 0.184. The maximum absolute atomic E-state index is 3.99. The number of hydrogen-bond acceptors (Lipinski definition) is 1. The topological polar surface area (TPSA) is 12.9 Å². The highest BCUT2D eigenvalue weighted by atomic mass is 28.1. The monoisotopic (exact) mass is 120 g/mol. The third-order valence-electron chi connectivity index (χ3n) is 1.01. The second-order valence-electron chi connectivity index (χ2n) is 1.67. The van der Waals surface area contributed by atoms with Crippen LogP contribution < -0.4 is 5.32 Å². The normalized spacial score (nSPS) is 9.25. The number of rotatable bonds is 0. The summed E-state index contributed by atoms with van der Waals surface area (Å²) in [6.45, 7) is 2.01. The van der Waals surface area contributed by atoms with Crippen LogP contribution in [0.15, 0.2) is 18.3 Å². The van der Waals surface area contributed by atoms with E-state index in [-0.39, 0.29) is 0 Å². The summed E-state index contributed by atoms with van der Waals surface area (Å²) in [5.41, 5.74) is 1.17. The van der Waals surface area contributed by atoms with E-state index in [1.807, 2.05) is 19.1 Å². The molecule has 1 nitrogen and oxygen atoms in total. The van der Waals surface area contributed by atoms with Crippen molar-refractivity contribution in [3.8, 4) is 0 Å². The Bertz CT molecular complexity index is 165. The largest absolute Gasteiger partial charge is 0.267 e. The molecule has 0 unspecified atom stereocenters. The Morgan fingerprint density at radius 2 is 2.38 bits per heavy atom. The van der Waals surface area contributed by atoms with Crippen LogP contribution >= 0.6 is 0 Å². The van der Waals surface area contributed by atoms with Crippen LogP contribution in [0.25, 0.3) is 0 Å². The number of pyridine rings is 1. The number of aryl methyl sites for hydroxylation is 1. The summed E-state index contributed by atoms with van der Waals surface area (Å²) in [7, 11) is 3.33. The summed E-state index contributed by atoms with van der Waals surface area (Å²) >= 11 is 0. The molecule has 0 saturated carbocycles. The average Bonchev–Trinajstić information content (AvgIpc) is 1.77. The van der Waals surface area contributed by atoms with Gasteiger partial charge in [-0.05, 0) is 18.6 Å². The Morgan fingerprint density at radius 1 is 1.62 bits per heavy atom. The van der Waals surface area contributed by atoms with Gasteiger partial charge in [0.1, 0.15) is 0 Å². The average molecular weight is 120 g/mol. The summed E-state index contributed by atoms with van der Waals surface area (Å²) in [5.74, 6) is 0. The lowest BCUT2D eigenvalue weighted by atomic mass is 10.3. The maximum Gasteiger partial charge on any atom is 0.0998 e. The maximum atomic E-state index is 3.99. The molecule has 1 rings (SSSR count). The molecule has 3 radical (unpaired) electrons. The third kappa shape index (κ3) is 0.952. The van der Waals surface area contributed by atoms with Crippen LogP contribution in [-0.2, 0) is 0 Å². The van der Waals surface area contributed by atoms with Gasteiger partial charge in [0.15, 0.2) is 0 Å². The first-order valence-electron chi connectivity index (χ1n) is 2.44. The van der Waals surface area contributed by atoms with Gasteiger partial charge in [-0.15, -0.1) is 0 Å². The van der Waals surface area contributed by atoms with Crippen LogP contribution in [0, 0.1) is 6.92 Å². The molecular weight excluding hydrogens is 114 g/mol. The summed E-state index contributed by atoms with van der Waals surface area (Å²) in [5, 5.41) is 0.924. The third-order valence-corrected chi connectivity index (χ3v) is 1.53. The van der Waals surface area contributed by atoms with Crippen molar-refractivity contribution in [2.24, 2.45) is 0 Å². The zero-order valence-electron chi connectivity index (χ0n) is 4.68. The van der Waals surface area contributed by atoms with Gasteiger partial charge < -0.3 is 0 Å². The van der Waals surface area contributed by atoms with Gasteiger partial charge in [-0.3, -0.25) is 4.98 Å². The molecule has 0 aliphatic heterocycles. The van der Waals surface area contributed by atoms with Crippen molar-refractivity contribution in [3.63, 3.8) is 0 Å². The van der Waals surface area contributed by atoms with Crippen LogP contribution in [0.3, 0.4) is 0 Å². The van der Waals surface area contributed by atoms with E-state index >= 15 is 0 Å². The summed E-state index contributed by atoms with van der Waals surface area (Å²) < 4.78 is 0. The minimum absolute atomic E-state index is 0.924. The minimum Gasteiger partial charge on any atom is -0.267 e. The molecule has 1 heterocycles. The van der Waals surface area contributed by atoms with Crippen molar-refractivity contribution >= 4 is 15.6 Å². The van der Waals surface area contributed by atoms with Crippen LogP contribution in [0.5, 0.6) is 0 Å². The lowest BCUT2D eigenvalue weighted by molar-refractivity contribution is 1.33. The quantitative estimate of drug-likeness (QED) is 0.445. The molecule has 1 aromatic rings. The number of aromatic nitrogens is 1. The van der Waals surface area contributed by atoms with Gasteiger partial charge in [0.2, 0.25) is 0 Å². The van der Waals surface area contributed by atoms with E-state index in [0.717, 1.165) is 5.32 Å². The van der Waals surface area contributed by atoms with Crippen molar-refractivity contribution < 1.29 is 0 Å². The van der Waals surface area contributed by atoms with Gasteiger partial charge in [-0.2, -0.15) is 0 Å². The summed E-state index contributed by atoms with van der Waals surface area (Å²) in [6, 6.07) is 3.92. The standard InChI is InChI=1S/C6H6NSi/c1-5-3-2-4-7-6(5)8/h2-4H,1H3. The van der Waals surface area contributed by atoms with E-state index in [4.69, 9.17) is 0 Å². The molecule has 0 bridgehead atoms. The van der Waals surface area contributed by atoms with Crippen molar-refractivity contribution in [1.29, 1.82) is 0 Å². The molecule has 0 aliphatic carbocycles. The molecule has 39 valence electrons. The first-order chi connectivity index (χ1) is 3.80. The van der Waals surface area contributed by atoms with Gasteiger partial charge in [-0.25, -0.2) is 0 Å². The molecule has 0 atom stereocenters. The fraction of sp³-hybridized carbons (Fsp3) is 0.167. The smallest absolute Gasteiger partial charge is 0.0998 e. The highest BCUT2D eigenvalue weighted by Gasteiger charge is 1.85. The molecule has 0 aliphatic rings. The van der Waals surface area contributed by atoms with E-state index < -0.39 is 0 Å². The van der Waals surface area contributed by atoms with Gasteiger partial charge in [0.25, 0.3) is 0 Å². The minimum atomic E-state index is 0.924. The molecule has 0 fully saturated rings. The van der Waals surface area contributed by atoms with Gasteiger partial charge >= 0.3 is 0 Å². The number of nitrogens with zero attached hydrogens (tertiary/aromatic N) is 1. The second-order valence-corrected chi connectivity index (χ2v) is 2.14. The lowest BCUT2D eigenvalue weighted by Gasteiger charge is -1.92. The zero-order chi connectivity index (χ0) is 5.98. The predicted molar refractivity (Wildman–Crippen MR) is 34.4 cm³/mol. The molecule has 0 amide bonds. The number of hydrogen-bond donors (Lipinski definition) is 0. The van der Waals surface area contributed by atoms with E-state index in [1.54, 1.807) is 6.20 Å². The van der Waals surface area contributed by atoms with Gasteiger partial charge in [0.05, 0.1) is 10.2 Å². The first kappa shape index (κ1) is 5.50. The van der Waals surface area contributed by atoms with Crippen molar-refractivity contribution in [2.45, 2.75) is 6.92 Å². The van der Waals surface area contributed by atoms with Crippen LogP contribution in [0.4, 0.5) is 0 Å². The van der Waals surface area contributed by atoms with E-state index in [9.17, 15) is 0 Å². The fourth-order valence-electron chi connectivity index (χ4n) is 0.486. The Hall–Kier alpha value is -0.633. The molecule has 0 saturated heterocycles. The van der Waals surface area contributed by atoms with E-state index in [2.05, 4.69) is 15.2 Å². The molecule has 1 aromatic heterocycles. The van der Waals surface area contributed by atoms with Gasteiger partial charge in [-0.1, -0.05) is 6.07 Å². The molecule has 0 aromatic carbocycles. The second kappa shape index (κ2) is 2.09. The van der Waals surface area contributed by atoms with Crippen molar-refractivity contribution in [1.82, 2.24) is 4.98 Å². The molecule has 0 N–H and O–H groups in total. The lowest BCUT2D eigenvalue weighted by Crippen LogP contribution is -2.10.